The van der Waals surface area contributed by atoms with Crippen LogP contribution in [0, 0.1) is 0 Å². The third-order valence-corrected chi connectivity index (χ3v) is 1.96. The summed E-state index contributed by atoms with van der Waals surface area (Å²) in [6, 6.07) is 3.70. The van der Waals surface area contributed by atoms with Gasteiger partial charge in [-0.1, -0.05) is 0 Å². The summed E-state index contributed by atoms with van der Waals surface area (Å²) in [5.41, 5.74) is 6.55. The first-order valence-corrected chi connectivity index (χ1v) is 5.00. The number of hydrogen-bond donors (Lipinski definition) is 1. The van der Waals surface area contributed by atoms with Crippen LogP contribution in [0.4, 0.5) is 0 Å². The summed E-state index contributed by atoms with van der Waals surface area (Å²) >= 11 is 0. The van der Waals surface area contributed by atoms with E-state index in [4.69, 9.17) is 15.2 Å². The van der Waals surface area contributed by atoms with Crippen LogP contribution in [-0.2, 0) is 4.74 Å². The van der Waals surface area contributed by atoms with E-state index < -0.39 is 0 Å². The molecule has 1 unspecified atom stereocenters. The second kappa shape index (κ2) is 5.68. The van der Waals surface area contributed by atoms with Crippen molar-refractivity contribution in [1.29, 1.82) is 0 Å². The summed E-state index contributed by atoms with van der Waals surface area (Å²) in [4.78, 5) is 4.20. The van der Waals surface area contributed by atoms with Gasteiger partial charge < -0.3 is 15.2 Å². The van der Waals surface area contributed by atoms with Crippen molar-refractivity contribution in [3.8, 4) is 5.75 Å². The van der Waals surface area contributed by atoms with E-state index in [0.717, 1.165) is 11.4 Å². The number of hydrogen-bond acceptors (Lipinski definition) is 4. The van der Waals surface area contributed by atoms with Gasteiger partial charge in [-0.3, -0.25) is 4.98 Å². The monoisotopic (exact) mass is 210 g/mol. The first-order chi connectivity index (χ1) is 7.13. The molecule has 0 amide bonds. The van der Waals surface area contributed by atoms with Gasteiger partial charge in [-0.15, -0.1) is 0 Å². The molecule has 0 saturated carbocycles. The minimum atomic E-state index is -0.0459. The number of rotatable bonds is 5. The predicted molar refractivity (Wildman–Crippen MR) is 58.8 cm³/mol. The van der Waals surface area contributed by atoms with E-state index in [-0.39, 0.29) is 12.1 Å². The fourth-order valence-corrected chi connectivity index (χ4v) is 1.23. The quantitative estimate of drug-likeness (QED) is 0.800. The molecule has 0 bridgehead atoms. The van der Waals surface area contributed by atoms with Crippen molar-refractivity contribution in [1.82, 2.24) is 4.98 Å². The predicted octanol–water partition coefficient (Wildman–Crippen LogP) is 1.52. The van der Waals surface area contributed by atoms with Crippen molar-refractivity contribution in [3.05, 3.63) is 24.0 Å². The summed E-state index contributed by atoms with van der Waals surface area (Å²) in [6.07, 6.45) is 1.71. The second-order valence-electron chi connectivity index (χ2n) is 3.59. The third-order valence-electron chi connectivity index (χ3n) is 1.96. The summed E-state index contributed by atoms with van der Waals surface area (Å²) in [7, 11) is 1.65. The van der Waals surface area contributed by atoms with Crippen molar-refractivity contribution in [3.63, 3.8) is 0 Å². The molecular weight excluding hydrogens is 192 g/mol. The maximum Gasteiger partial charge on any atom is 0.138 e. The Balaban J connectivity index is 2.56. The highest BCUT2D eigenvalue weighted by atomic mass is 16.5. The molecule has 0 saturated heterocycles. The summed E-state index contributed by atoms with van der Waals surface area (Å²) < 4.78 is 10.5. The van der Waals surface area contributed by atoms with Crippen molar-refractivity contribution in [2.24, 2.45) is 5.73 Å². The fourth-order valence-electron chi connectivity index (χ4n) is 1.23. The van der Waals surface area contributed by atoms with E-state index in [1.807, 2.05) is 26.0 Å². The van der Waals surface area contributed by atoms with Gasteiger partial charge >= 0.3 is 0 Å². The van der Waals surface area contributed by atoms with Crippen LogP contribution >= 0.6 is 0 Å². The molecule has 4 heteroatoms. The molecule has 0 aliphatic carbocycles. The molecule has 2 atom stereocenters. The number of pyridine rings is 1. The van der Waals surface area contributed by atoms with Crippen molar-refractivity contribution < 1.29 is 9.47 Å². The zero-order valence-electron chi connectivity index (χ0n) is 9.43. The highest BCUT2D eigenvalue weighted by Gasteiger charge is 2.05. The Labute approximate surface area is 90.4 Å². The SMILES string of the molecule is COCC(C)Oc1ccc([C@@H](C)N)nc1. The van der Waals surface area contributed by atoms with Gasteiger partial charge in [0.15, 0.2) is 0 Å². The van der Waals surface area contributed by atoms with Gasteiger partial charge in [0.25, 0.3) is 0 Å². The highest BCUT2D eigenvalue weighted by Crippen LogP contribution is 2.14. The van der Waals surface area contributed by atoms with E-state index >= 15 is 0 Å². The Morgan fingerprint density at radius 3 is 2.60 bits per heavy atom. The number of methoxy groups -OCH3 is 1. The molecule has 15 heavy (non-hydrogen) atoms. The van der Waals surface area contributed by atoms with Gasteiger partial charge in [-0.25, -0.2) is 0 Å². The molecule has 0 aliphatic heterocycles. The summed E-state index contributed by atoms with van der Waals surface area (Å²) in [5.74, 6) is 0.740. The zero-order chi connectivity index (χ0) is 11.3. The Bertz CT molecular complexity index is 285. The lowest BCUT2D eigenvalue weighted by atomic mass is 10.2. The Hall–Kier alpha value is -1.13. The van der Waals surface area contributed by atoms with Gasteiger partial charge in [0.1, 0.15) is 11.9 Å². The van der Waals surface area contributed by atoms with Crippen LogP contribution < -0.4 is 10.5 Å². The van der Waals surface area contributed by atoms with Crippen LogP contribution in [0.15, 0.2) is 18.3 Å². The molecule has 1 aromatic heterocycles. The highest BCUT2D eigenvalue weighted by molar-refractivity contribution is 5.21. The first kappa shape index (κ1) is 11.9. The van der Waals surface area contributed by atoms with Crippen LogP contribution in [0.2, 0.25) is 0 Å². The smallest absolute Gasteiger partial charge is 0.138 e. The number of nitrogens with two attached hydrogens (primary N) is 1. The number of aromatic nitrogens is 1. The summed E-state index contributed by atoms with van der Waals surface area (Å²) in [6.45, 7) is 4.41. The summed E-state index contributed by atoms with van der Waals surface area (Å²) in [5, 5.41) is 0. The number of nitrogens with zero attached hydrogens (tertiary/aromatic N) is 1. The van der Waals surface area contributed by atoms with Gasteiger partial charge in [-0.05, 0) is 26.0 Å². The largest absolute Gasteiger partial charge is 0.487 e. The van der Waals surface area contributed by atoms with Crippen molar-refractivity contribution >= 4 is 0 Å². The molecule has 1 rings (SSSR count). The molecule has 1 heterocycles. The minimum absolute atomic E-state index is 0.0259. The minimum Gasteiger partial charge on any atom is -0.487 e. The van der Waals surface area contributed by atoms with Crippen LogP contribution in [0.1, 0.15) is 25.6 Å². The maximum absolute atomic E-state index is 5.69. The van der Waals surface area contributed by atoms with Crippen molar-refractivity contribution in [2.45, 2.75) is 26.0 Å². The zero-order valence-corrected chi connectivity index (χ0v) is 9.43. The van der Waals surface area contributed by atoms with E-state index in [2.05, 4.69) is 4.98 Å². The molecule has 1 aromatic rings. The average Bonchev–Trinajstić information content (AvgIpc) is 2.18. The molecule has 0 spiro atoms. The third kappa shape index (κ3) is 3.85. The van der Waals surface area contributed by atoms with E-state index in [1.165, 1.54) is 0 Å². The topological polar surface area (TPSA) is 57.4 Å². The second-order valence-corrected chi connectivity index (χ2v) is 3.59. The average molecular weight is 210 g/mol. The molecular formula is C11H18N2O2. The first-order valence-electron chi connectivity index (χ1n) is 5.00. The molecule has 0 radical (unpaired) electrons. The van der Waals surface area contributed by atoms with Crippen LogP contribution in [-0.4, -0.2) is 24.8 Å². The van der Waals surface area contributed by atoms with E-state index in [1.54, 1.807) is 13.3 Å². The van der Waals surface area contributed by atoms with Crippen LogP contribution in [0.3, 0.4) is 0 Å². The van der Waals surface area contributed by atoms with E-state index in [0.29, 0.717) is 6.61 Å². The molecule has 0 fully saturated rings. The lowest BCUT2D eigenvalue weighted by Crippen LogP contribution is -2.18. The van der Waals surface area contributed by atoms with Gasteiger partial charge in [0, 0.05) is 13.2 Å². The van der Waals surface area contributed by atoms with Gasteiger partial charge in [0.2, 0.25) is 0 Å². The Morgan fingerprint density at radius 1 is 1.40 bits per heavy atom. The molecule has 0 aromatic carbocycles. The Morgan fingerprint density at radius 2 is 2.13 bits per heavy atom. The van der Waals surface area contributed by atoms with Crippen LogP contribution in [0.5, 0.6) is 5.75 Å². The normalized spacial score (nSPS) is 14.7. The van der Waals surface area contributed by atoms with Crippen LogP contribution in [0.25, 0.3) is 0 Å². The maximum atomic E-state index is 5.69. The van der Waals surface area contributed by atoms with Crippen molar-refractivity contribution in [2.75, 3.05) is 13.7 Å². The lowest BCUT2D eigenvalue weighted by Gasteiger charge is -2.13. The molecule has 0 aliphatic rings. The van der Waals surface area contributed by atoms with E-state index in [9.17, 15) is 0 Å². The number of ether oxygens (including phenoxy) is 2. The lowest BCUT2D eigenvalue weighted by molar-refractivity contribution is 0.0918. The molecule has 84 valence electrons. The standard InChI is InChI=1S/C11H18N2O2/c1-8(7-14-3)15-10-4-5-11(9(2)12)13-6-10/h4-6,8-9H,7,12H2,1-3H3/t8?,9-/m1/s1. The molecule has 4 nitrogen and oxygen atoms in total. The Kier molecular flexibility index (Phi) is 4.52. The fraction of sp³-hybridized carbons (Fsp3) is 0.545. The molecule has 2 N–H and O–H groups in total. The van der Waals surface area contributed by atoms with Gasteiger partial charge in [0.05, 0.1) is 18.5 Å². The van der Waals surface area contributed by atoms with Gasteiger partial charge in [-0.2, -0.15) is 0 Å².